The smallest absolute Gasteiger partial charge is 0.358 e. The zero-order valence-electron chi connectivity index (χ0n) is 6.88. The summed E-state index contributed by atoms with van der Waals surface area (Å²) in [5.74, 6) is -1.05. The van der Waals surface area contributed by atoms with Gasteiger partial charge in [0.05, 0.1) is 18.8 Å². The Hall–Kier alpha value is -1.43. The second kappa shape index (κ2) is 3.14. The van der Waals surface area contributed by atoms with Gasteiger partial charge in [-0.3, -0.25) is 0 Å². The number of nitrogens with zero attached hydrogens (tertiary/aromatic N) is 3. The van der Waals surface area contributed by atoms with Gasteiger partial charge in [0.15, 0.2) is 5.69 Å². The summed E-state index contributed by atoms with van der Waals surface area (Å²) >= 11 is 0. The van der Waals surface area contributed by atoms with Crippen molar-refractivity contribution in [2.24, 2.45) is 0 Å². The van der Waals surface area contributed by atoms with E-state index >= 15 is 0 Å². The van der Waals surface area contributed by atoms with Crippen LogP contribution in [0.25, 0.3) is 0 Å². The van der Waals surface area contributed by atoms with Gasteiger partial charge in [0, 0.05) is 6.61 Å². The van der Waals surface area contributed by atoms with E-state index in [2.05, 4.69) is 10.3 Å². The Bertz CT molecular complexity index is 317. The molecule has 1 N–H and O–H groups in total. The molecule has 1 atom stereocenters. The summed E-state index contributed by atoms with van der Waals surface area (Å²) in [6.07, 6.45) is 2.30. The van der Waals surface area contributed by atoms with Crippen molar-refractivity contribution in [3.05, 3.63) is 11.9 Å². The van der Waals surface area contributed by atoms with Crippen molar-refractivity contribution in [1.82, 2.24) is 15.0 Å². The molecule has 0 aromatic carbocycles. The van der Waals surface area contributed by atoms with E-state index in [0.29, 0.717) is 13.2 Å². The second-order valence-corrected chi connectivity index (χ2v) is 2.91. The Balaban J connectivity index is 2.16. The Morgan fingerprint density at radius 3 is 3.15 bits per heavy atom. The van der Waals surface area contributed by atoms with Gasteiger partial charge in [0.2, 0.25) is 0 Å². The van der Waals surface area contributed by atoms with Crippen molar-refractivity contribution in [3.8, 4) is 0 Å². The van der Waals surface area contributed by atoms with Crippen LogP contribution in [0, 0.1) is 0 Å². The molecule has 0 aliphatic carbocycles. The van der Waals surface area contributed by atoms with E-state index < -0.39 is 5.97 Å². The number of aromatic carboxylic acids is 1. The molecule has 6 nitrogen and oxygen atoms in total. The number of ether oxygens (including phenoxy) is 1. The Morgan fingerprint density at radius 2 is 2.62 bits per heavy atom. The van der Waals surface area contributed by atoms with Gasteiger partial charge in [-0.2, -0.15) is 0 Å². The van der Waals surface area contributed by atoms with Crippen molar-refractivity contribution in [1.29, 1.82) is 0 Å². The van der Waals surface area contributed by atoms with Crippen LogP contribution in [-0.2, 0) is 4.74 Å². The van der Waals surface area contributed by atoms with E-state index in [-0.39, 0.29) is 11.7 Å². The summed E-state index contributed by atoms with van der Waals surface area (Å²) < 4.78 is 6.70. The third kappa shape index (κ3) is 1.52. The van der Waals surface area contributed by atoms with Gasteiger partial charge in [-0.25, -0.2) is 9.48 Å². The molecule has 0 saturated carbocycles. The predicted octanol–water partition coefficient (Wildman–Crippen LogP) is -0.0623. The molecule has 1 aliphatic rings. The minimum atomic E-state index is -1.05. The van der Waals surface area contributed by atoms with E-state index in [1.807, 2.05) is 0 Å². The molecule has 1 aromatic heterocycles. The Labute approximate surface area is 74.1 Å². The molecule has 0 radical (unpaired) electrons. The first-order valence-corrected chi connectivity index (χ1v) is 4.00. The number of hydrogen-bond donors (Lipinski definition) is 1. The maximum atomic E-state index is 10.5. The van der Waals surface area contributed by atoms with E-state index in [1.165, 1.54) is 6.20 Å². The highest BCUT2D eigenvalue weighted by atomic mass is 16.5. The highest BCUT2D eigenvalue weighted by Gasteiger charge is 2.20. The molecule has 70 valence electrons. The van der Waals surface area contributed by atoms with Crippen molar-refractivity contribution >= 4 is 5.97 Å². The molecule has 0 bridgehead atoms. The van der Waals surface area contributed by atoms with Crippen molar-refractivity contribution in [2.75, 3.05) is 13.2 Å². The quantitative estimate of drug-likeness (QED) is 0.694. The Morgan fingerprint density at radius 1 is 1.77 bits per heavy atom. The largest absolute Gasteiger partial charge is 0.476 e. The van der Waals surface area contributed by atoms with Crippen LogP contribution in [-0.4, -0.2) is 39.3 Å². The second-order valence-electron chi connectivity index (χ2n) is 2.91. The van der Waals surface area contributed by atoms with Gasteiger partial charge in [-0.15, -0.1) is 5.10 Å². The van der Waals surface area contributed by atoms with Crippen molar-refractivity contribution < 1.29 is 14.6 Å². The van der Waals surface area contributed by atoms with Crippen LogP contribution in [0.4, 0.5) is 0 Å². The van der Waals surface area contributed by atoms with E-state index in [0.717, 1.165) is 6.42 Å². The van der Waals surface area contributed by atoms with Crippen LogP contribution in [0.15, 0.2) is 6.20 Å². The lowest BCUT2D eigenvalue weighted by atomic mass is 10.3. The van der Waals surface area contributed by atoms with E-state index in [1.54, 1.807) is 4.68 Å². The van der Waals surface area contributed by atoms with Crippen LogP contribution >= 0.6 is 0 Å². The maximum Gasteiger partial charge on any atom is 0.358 e. The zero-order valence-corrected chi connectivity index (χ0v) is 6.88. The van der Waals surface area contributed by atoms with Crippen LogP contribution in [0.5, 0.6) is 0 Å². The molecule has 1 fully saturated rings. The molecular formula is C7H9N3O3. The summed E-state index contributed by atoms with van der Waals surface area (Å²) in [5.41, 5.74) is -0.0214. The van der Waals surface area contributed by atoms with Crippen molar-refractivity contribution in [2.45, 2.75) is 12.5 Å². The van der Waals surface area contributed by atoms with Crippen molar-refractivity contribution in [3.63, 3.8) is 0 Å². The third-order valence-electron chi connectivity index (χ3n) is 2.01. The topological polar surface area (TPSA) is 77.2 Å². The lowest BCUT2D eigenvalue weighted by molar-refractivity contribution is 0.0690. The highest BCUT2D eigenvalue weighted by molar-refractivity contribution is 5.84. The fraction of sp³-hybridized carbons (Fsp3) is 0.571. The molecule has 1 saturated heterocycles. The first kappa shape index (κ1) is 8.18. The van der Waals surface area contributed by atoms with E-state index in [9.17, 15) is 4.79 Å². The molecule has 1 aliphatic heterocycles. The summed E-state index contributed by atoms with van der Waals surface area (Å²) in [6, 6.07) is 0.139. The molecule has 13 heavy (non-hydrogen) atoms. The van der Waals surface area contributed by atoms with Crippen LogP contribution in [0.3, 0.4) is 0 Å². The molecule has 6 heteroatoms. The first-order valence-electron chi connectivity index (χ1n) is 4.00. The van der Waals surface area contributed by atoms with E-state index in [4.69, 9.17) is 9.84 Å². The number of hydrogen-bond acceptors (Lipinski definition) is 4. The number of rotatable bonds is 2. The highest BCUT2D eigenvalue weighted by Crippen LogP contribution is 2.17. The fourth-order valence-corrected chi connectivity index (χ4v) is 1.28. The lowest BCUT2D eigenvalue weighted by Gasteiger charge is -2.04. The molecule has 0 amide bonds. The number of carboxylic acids is 1. The normalized spacial score (nSPS) is 22.0. The van der Waals surface area contributed by atoms with Gasteiger partial charge in [0.25, 0.3) is 0 Å². The molecule has 1 aromatic rings. The van der Waals surface area contributed by atoms with Gasteiger partial charge >= 0.3 is 5.97 Å². The lowest BCUT2D eigenvalue weighted by Crippen LogP contribution is -2.09. The number of carbonyl (C=O) groups is 1. The summed E-state index contributed by atoms with van der Waals surface area (Å²) in [6.45, 7) is 1.29. The minimum absolute atomic E-state index is 0.0214. The fourth-order valence-electron chi connectivity index (χ4n) is 1.28. The summed E-state index contributed by atoms with van der Waals surface area (Å²) in [7, 11) is 0. The third-order valence-corrected chi connectivity index (χ3v) is 2.01. The summed E-state index contributed by atoms with van der Waals surface area (Å²) in [5, 5.41) is 15.8. The molecule has 2 rings (SSSR count). The van der Waals surface area contributed by atoms with Gasteiger partial charge in [-0.05, 0) is 6.42 Å². The minimum Gasteiger partial charge on any atom is -0.476 e. The average molecular weight is 183 g/mol. The SMILES string of the molecule is O=C(O)c1cn([C@H]2CCOC2)nn1. The molecular weight excluding hydrogens is 174 g/mol. The Kier molecular flexibility index (Phi) is 1.97. The summed E-state index contributed by atoms with van der Waals surface area (Å²) in [4.78, 5) is 10.5. The molecule has 0 unspecified atom stereocenters. The maximum absolute atomic E-state index is 10.5. The van der Waals surface area contributed by atoms with Gasteiger partial charge in [-0.1, -0.05) is 5.21 Å². The first-order chi connectivity index (χ1) is 6.27. The van der Waals surface area contributed by atoms with Crippen LogP contribution in [0.2, 0.25) is 0 Å². The molecule has 2 heterocycles. The number of aromatic nitrogens is 3. The van der Waals surface area contributed by atoms with Gasteiger partial charge < -0.3 is 9.84 Å². The molecule has 0 spiro atoms. The standard InChI is InChI=1S/C7H9N3O3/c11-7(12)6-3-10(9-8-6)5-1-2-13-4-5/h3,5H,1-2,4H2,(H,11,12)/t5-/m0/s1. The van der Waals surface area contributed by atoms with Crippen LogP contribution < -0.4 is 0 Å². The number of carboxylic acid groups (broad SMARTS) is 1. The van der Waals surface area contributed by atoms with Gasteiger partial charge in [0.1, 0.15) is 0 Å². The zero-order chi connectivity index (χ0) is 9.26. The predicted molar refractivity (Wildman–Crippen MR) is 41.5 cm³/mol. The average Bonchev–Trinajstić information content (AvgIpc) is 2.75. The monoisotopic (exact) mass is 183 g/mol. The van der Waals surface area contributed by atoms with Crippen LogP contribution in [0.1, 0.15) is 23.0 Å².